The van der Waals surface area contributed by atoms with Gasteiger partial charge in [-0.3, -0.25) is 0 Å². The van der Waals surface area contributed by atoms with Crippen molar-refractivity contribution in [1.82, 2.24) is 4.98 Å². The Morgan fingerprint density at radius 2 is 1.94 bits per heavy atom. The van der Waals surface area contributed by atoms with Crippen LogP contribution in [0.4, 0.5) is 0 Å². The molecule has 0 N–H and O–H groups in total. The maximum atomic E-state index is 10.9. The molecule has 0 radical (unpaired) electrons. The molecule has 0 aliphatic carbocycles. The highest BCUT2D eigenvalue weighted by Gasteiger charge is 2.14. The van der Waals surface area contributed by atoms with Crippen molar-refractivity contribution < 1.29 is 12.6 Å². The van der Waals surface area contributed by atoms with Crippen LogP contribution >= 0.6 is 11.8 Å². The van der Waals surface area contributed by atoms with E-state index in [2.05, 4.69) is 25.8 Å². The Balaban J connectivity index is 2.88. The van der Waals surface area contributed by atoms with E-state index in [0.717, 1.165) is 11.3 Å². The van der Waals surface area contributed by atoms with Gasteiger partial charge in [-0.1, -0.05) is 26.8 Å². The Hall–Kier alpha value is -0.750. The molecule has 1 heterocycles. The average molecular weight is 261 g/mol. The molecule has 0 atom stereocenters. The first-order valence-corrected chi connectivity index (χ1v) is 7.34. The molecule has 0 aliphatic rings. The van der Waals surface area contributed by atoms with Crippen molar-refractivity contribution in [2.45, 2.75) is 30.5 Å². The first-order valence-electron chi connectivity index (χ1n) is 4.71. The van der Waals surface area contributed by atoms with E-state index in [1.54, 1.807) is 17.8 Å². The van der Waals surface area contributed by atoms with Gasteiger partial charge >= 0.3 is 10.1 Å². The van der Waals surface area contributed by atoms with E-state index in [9.17, 15) is 8.42 Å². The molecule has 1 aromatic heterocycles. The van der Waals surface area contributed by atoms with Crippen molar-refractivity contribution in [2.24, 2.45) is 0 Å². The molecular weight excluding hydrogens is 246 g/mol. The number of pyridine rings is 1. The molecular formula is C10H15NO3S2. The minimum atomic E-state index is -3.51. The van der Waals surface area contributed by atoms with Crippen molar-refractivity contribution in [2.75, 3.05) is 6.26 Å². The van der Waals surface area contributed by atoms with Crippen molar-refractivity contribution in [3.63, 3.8) is 0 Å². The van der Waals surface area contributed by atoms with Crippen molar-refractivity contribution >= 4 is 21.9 Å². The smallest absolute Gasteiger partial charge is 0.307 e. The van der Waals surface area contributed by atoms with Gasteiger partial charge in [0.25, 0.3) is 0 Å². The minimum absolute atomic E-state index is 0.0245. The second kappa shape index (κ2) is 4.63. The third-order valence-electron chi connectivity index (χ3n) is 1.35. The summed E-state index contributed by atoms with van der Waals surface area (Å²) in [5, 5.41) is 0.744. The standard InChI is InChI=1S/C10H15NO3S2/c1-10(2,3)15-9-7-5-6-8(11-9)14-16(4,12)13/h5-7H,1-4H3. The van der Waals surface area contributed by atoms with Gasteiger partial charge < -0.3 is 4.18 Å². The second-order valence-corrected chi connectivity index (χ2v) is 7.74. The molecule has 16 heavy (non-hydrogen) atoms. The Kier molecular flexibility index (Phi) is 3.85. The molecule has 6 heteroatoms. The average Bonchev–Trinajstić information content (AvgIpc) is 1.96. The van der Waals surface area contributed by atoms with Crippen LogP contribution in [0.2, 0.25) is 0 Å². The highest BCUT2D eigenvalue weighted by molar-refractivity contribution is 8.00. The zero-order valence-corrected chi connectivity index (χ0v) is 11.4. The Morgan fingerprint density at radius 1 is 1.31 bits per heavy atom. The summed E-state index contributed by atoms with van der Waals surface area (Å²) in [4.78, 5) is 4.11. The predicted octanol–water partition coefficient (Wildman–Crippen LogP) is 2.31. The number of rotatable bonds is 3. The van der Waals surface area contributed by atoms with Crippen molar-refractivity contribution in [3.05, 3.63) is 18.2 Å². The number of hydrogen-bond donors (Lipinski definition) is 0. The summed E-state index contributed by atoms with van der Waals surface area (Å²) in [6.07, 6.45) is 0.998. The third-order valence-corrected chi connectivity index (χ3v) is 2.87. The summed E-state index contributed by atoms with van der Waals surface area (Å²) >= 11 is 1.55. The van der Waals surface area contributed by atoms with E-state index in [1.165, 1.54) is 6.07 Å². The van der Waals surface area contributed by atoms with Crippen LogP contribution in [0, 0.1) is 0 Å². The van der Waals surface area contributed by atoms with Gasteiger partial charge in [-0.05, 0) is 6.07 Å². The molecule has 0 bridgehead atoms. The summed E-state index contributed by atoms with van der Waals surface area (Å²) in [6, 6.07) is 5.07. The molecule has 0 amide bonds. The summed E-state index contributed by atoms with van der Waals surface area (Å²) in [5.41, 5.74) is 0. The van der Waals surface area contributed by atoms with E-state index >= 15 is 0 Å². The summed E-state index contributed by atoms with van der Waals surface area (Å²) in [7, 11) is -3.51. The summed E-state index contributed by atoms with van der Waals surface area (Å²) in [6.45, 7) is 6.18. The molecule has 4 nitrogen and oxygen atoms in total. The number of aromatic nitrogens is 1. The van der Waals surface area contributed by atoms with E-state index in [4.69, 9.17) is 4.18 Å². The summed E-state index contributed by atoms with van der Waals surface area (Å²) < 4.78 is 26.6. The number of nitrogens with zero attached hydrogens (tertiary/aromatic N) is 1. The van der Waals surface area contributed by atoms with Crippen LogP contribution in [-0.2, 0) is 10.1 Å². The monoisotopic (exact) mass is 261 g/mol. The third kappa shape index (κ3) is 5.37. The quantitative estimate of drug-likeness (QED) is 0.617. The van der Waals surface area contributed by atoms with Gasteiger partial charge in [-0.2, -0.15) is 8.42 Å². The number of thioether (sulfide) groups is 1. The lowest BCUT2D eigenvalue weighted by Crippen LogP contribution is -2.09. The maximum absolute atomic E-state index is 10.9. The Morgan fingerprint density at radius 3 is 2.44 bits per heavy atom. The highest BCUT2D eigenvalue weighted by Crippen LogP contribution is 2.31. The lowest BCUT2D eigenvalue weighted by atomic mass is 10.3. The lowest BCUT2D eigenvalue weighted by molar-refractivity contribution is 0.480. The van der Waals surface area contributed by atoms with Crippen molar-refractivity contribution in [3.8, 4) is 5.88 Å². The van der Waals surface area contributed by atoms with Gasteiger partial charge in [-0.15, -0.1) is 11.8 Å². The van der Waals surface area contributed by atoms with Gasteiger partial charge in [-0.25, -0.2) is 4.98 Å². The first kappa shape index (κ1) is 13.3. The fourth-order valence-electron chi connectivity index (χ4n) is 0.968. The molecule has 0 fully saturated rings. The maximum Gasteiger partial charge on any atom is 0.307 e. The summed E-state index contributed by atoms with van der Waals surface area (Å²) in [5.74, 6) is 0.108. The predicted molar refractivity (Wildman–Crippen MR) is 65.3 cm³/mol. The zero-order valence-electron chi connectivity index (χ0n) is 9.72. The van der Waals surface area contributed by atoms with E-state index in [1.807, 2.05) is 6.07 Å². The molecule has 0 unspecified atom stereocenters. The topological polar surface area (TPSA) is 56.3 Å². The van der Waals surface area contributed by atoms with Crippen LogP contribution < -0.4 is 4.18 Å². The molecule has 0 saturated carbocycles. The first-order chi connectivity index (χ1) is 7.16. The van der Waals surface area contributed by atoms with Crippen LogP contribution in [-0.4, -0.2) is 24.4 Å². The van der Waals surface area contributed by atoms with Gasteiger partial charge in [0.2, 0.25) is 5.88 Å². The Labute approximate surface area is 101 Å². The molecule has 1 aromatic rings. The Bertz CT molecular complexity index is 463. The SMILES string of the molecule is CC(C)(C)Sc1cccc(OS(C)(=O)=O)n1. The van der Waals surface area contributed by atoms with Crippen LogP contribution in [0.1, 0.15) is 20.8 Å². The highest BCUT2D eigenvalue weighted by atomic mass is 32.2. The molecule has 0 aliphatic heterocycles. The van der Waals surface area contributed by atoms with Crippen LogP contribution in [0.3, 0.4) is 0 Å². The number of hydrogen-bond acceptors (Lipinski definition) is 5. The fourth-order valence-corrected chi connectivity index (χ4v) is 2.28. The van der Waals surface area contributed by atoms with Gasteiger partial charge in [0.15, 0.2) is 0 Å². The fraction of sp³-hybridized carbons (Fsp3) is 0.500. The minimum Gasteiger partial charge on any atom is -0.362 e. The van der Waals surface area contributed by atoms with Crippen LogP contribution in [0.15, 0.2) is 23.2 Å². The van der Waals surface area contributed by atoms with E-state index in [-0.39, 0.29) is 10.6 Å². The van der Waals surface area contributed by atoms with Gasteiger partial charge in [0.05, 0.1) is 6.26 Å². The second-order valence-electron chi connectivity index (χ2n) is 4.32. The molecule has 90 valence electrons. The molecule has 0 saturated heterocycles. The molecule has 0 aromatic carbocycles. The van der Waals surface area contributed by atoms with Crippen LogP contribution in [0.25, 0.3) is 0 Å². The van der Waals surface area contributed by atoms with Gasteiger partial charge in [0.1, 0.15) is 5.03 Å². The molecule has 1 rings (SSSR count). The van der Waals surface area contributed by atoms with Crippen LogP contribution in [0.5, 0.6) is 5.88 Å². The lowest BCUT2D eigenvalue weighted by Gasteiger charge is -2.16. The zero-order chi connectivity index (χ0) is 12.4. The largest absolute Gasteiger partial charge is 0.362 e. The van der Waals surface area contributed by atoms with Crippen molar-refractivity contribution in [1.29, 1.82) is 0 Å². The molecule has 0 spiro atoms. The van der Waals surface area contributed by atoms with E-state index < -0.39 is 10.1 Å². The van der Waals surface area contributed by atoms with E-state index in [0.29, 0.717) is 0 Å². The normalized spacial score (nSPS) is 12.5. The van der Waals surface area contributed by atoms with Gasteiger partial charge in [0, 0.05) is 10.8 Å².